The molecule has 0 fully saturated rings. The zero-order chi connectivity index (χ0) is 19.8. The summed E-state index contributed by atoms with van der Waals surface area (Å²) in [5.74, 6) is 4.72. The highest BCUT2D eigenvalue weighted by Crippen LogP contribution is 2.44. The predicted molar refractivity (Wildman–Crippen MR) is 106 cm³/mol. The van der Waals surface area contributed by atoms with Gasteiger partial charge in [0.2, 0.25) is 0 Å². The average molecular weight is 374 g/mol. The first-order chi connectivity index (χ1) is 13.7. The molecule has 4 heteroatoms. The summed E-state index contributed by atoms with van der Waals surface area (Å²) < 4.78 is 10.2. The molecule has 1 aliphatic rings. The Labute approximate surface area is 165 Å². The first-order valence-corrected chi connectivity index (χ1v) is 9.28. The number of allylic oxidation sites excluding steroid dienone is 1. The molecule has 1 atom stereocenters. The van der Waals surface area contributed by atoms with Crippen molar-refractivity contribution in [1.82, 2.24) is 0 Å². The first kappa shape index (κ1) is 19.4. The molecule has 0 aliphatic heterocycles. The van der Waals surface area contributed by atoms with Crippen molar-refractivity contribution in [2.24, 2.45) is 0 Å². The molecule has 0 amide bonds. The number of carbonyl (C=O) groups is 2. The molecule has 1 unspecified atom stereocenters. The van der Waals surface area contributed by atoms with Gasteiger partial charge in [0.15, 0.2) is 0 Å². The molecule has 3 rings (SSSR count). The van der Waals surface area contributed by atoms with Crippen molar-refractivity contribution in [1.29, 1.82) is 0 Å². The summed E-state index contributed by atoms with van der Waals surface area (Å²) in [4.78, 5) is 22.7. The van der Waals surface area contributed by atoms with Crippen LogP contribution in [0.1, 0.15) is 30.9 Å². The summed E-state index contributed by atoms with van der Waals surface area (Å²) >= 11 is 0. The summed E-state index contributed by atoms with van der Waals surface area (Å²) in [5.41, 5.74) is 2.58. The van der Waals surface area contributed by atoms with Crippen LogP contribution in [0.3, 0.4) is 0 Å². The lowest BCUT2D eigenvalue weighted by Gasteiger charge is -2.40. The van der Waals surface area contributed by atoms with E-state index in [1.165, 1.54) is 0 Å². The molecular formula is C24H22O4. The number of ether oxygens (including phenoxy) is 2. The van der Waals surface area contributed by atoms with Gasteiger partial charge in [-0.15, -0.1) is 0 Å². The van der Waals surface area contributed by atoms with Crippen LogP contribution < -0.4 is 0 Å². The van der Waals surface area contributed by atoms with Crippen LogP contribution in [-0.2, 0) is 24.5 Å². The molecule has 0 N–H and O–H groups in total. The van der Waals surface area contributed by atoms with Crippen molar-refractivity contribution >= 4 is 12.4 Å². The Kier molecular flexibility index (Phi) is 6.29. The van der Waals surface area contributed by atoms with Crippen molar-refractivity contribution < 1.29 is 19.1 Å². The van der Waals surface area contributed by atoms with E-state index in [0.29, 0.717) is 24.9 Å². The molecule has 2 aromatic carbocycles. The van der Waals surface area contributed by atoms with Gasteiger partial charge in [0.25, 0.3) is 6.47 Å². The van der Waals surface area contributed by atoms with Gasteiger partial charge in [-0.25, -0.2) is 4.79 Å². The number of rotatable bonds is 5. The Balaban J connectivity index is 2.04. The lowest BCUT2D eigenvalue weighted by Crippen LogP contribution is -2.37. The topological polar surface area (TPSA) is 52.6 Å². The fourth-order valence-electron chi connectivity index (χ4n) is 3.69. The molecule has 0 saturated heterocycles. The number of esters is 1. The van der Waals surface area contributed by atoms with Crippen LogP contribution in [0, 0.1) is 11.8 Å². The van der Waals surface area contributed by atoms with Gasteiger partial charge in [-0.05, 0) is 24.5 Å². The first-order valence-electron chi connectivity index (χ1n) is 9.28. The van der Waals surface area contributed by atoms with Gasteiger partial charge in [-0.1, -0.05) is 72.7 Å². The van der Waals surface area contributed by atoms with E-state index < -0.39 is 12.1 Å². The summed E-state index contributed by atoms with van der Waals surface area (Å²) in [7, 11) is 0. The third-order valence-electron chi connectivity index (χ3n) is 5.01. The molecule has 2 aromatic rings. The van der Waals surface area contributed by atoms with Crippen LogP contribution in [0.4, 0.5) is 0 Å². The Morgan fingerprint density at radius 3 is 2.25 bits per heavy atom. The molecule has 28 heavy (non-hydrogen) atoms. The van der Waals surface area contributed by atoms with E-state index in [1.54, 1.807) is 6.92 Å². The Hall–Kier alpha value is -3.32. The summed E-state index contributed by atoms with van der Waals surface area (Å²) in [6.07, 6.45) is 2.66. The Morgan fingerprint density at radius 1 is 1.11 bits per heavy atom. The standard InChI is InChI=1S/C24H22O4/c1-2-27-23(26)14-13-19-15-16-24(17-22(19)28-18-25,20-9-5-3-6-10-20)21-11-7-4-8-12-21/h3-12,15,18,22H,2,16-17H2,1H3. The average Bonchev–Trinajstić information content (AvgIpc) is 2.74. The van der Waals surface area contributed by atoms with Crippen LogP contribution in [0.15, 0.2) is 72.3 Å². The highest BCUT2D eigenvalue weighted by Gasteiger charge is 2.40. The minimum atomic E-state index is -0.587. The number of hydrogen-bond donors (Lipinski definition) is 0. The van der Waals surface area contributed by atoms with Gasteiger partial charge in [0.05, 0.1) is 6.61 Å². The predicted octanol–water partition coefficient (Wildman–Crippen LogP) is 3.80. The molecule has 0 bridgehead atoms. The number of hydrogen-bond acceptors (Lipinski definition) is 4. The smallest absolute Gasteiger partial charge is 0.384 e. The van der Waals surface area contributed by atoms with E-state index in [4.69, 9.17) is 9.47 Å². The van der Waals surface area contributed by atoms with Crippen molar-refractivity contribution in [2.75, 3.05) is 6.61 Å². The highest BCUT2D eigenvalue weighted by atomic mass is 16.5. The largest absolute Gasteiger partial charge is 0.459 e. The van der Waals surface area contributed by atoms with Crippen LogP contribution in [0.5, 0.6) is 0 Å². The molecule has 0 heterocycles. The minimum absolute atomic E-state index is 0.270. The normalized spacial score (nSPS) is 17.5. The molecule has 0 radical (unpaired) electrons. The maximum absolute atomic E-state index is 11.6. The molecule has 142 valence electrons. The Morgan fingerprint density at radius 2 is 1.71 bits per heavy atom. The lowest BCUT2D eigenvalue weighted by atomic mass is 9.65. The van der Waals surface area contributed by atoms with Crippen LogP contribution >= 0.6 is 0 Å². The van der Waals surface area contributed by atoms with E-state index in [2.05, 4.69) is 36.1 Å². The quantitative estimate of drug-likeness (QED) is 0.346. The van der Waals surface area contributed by atoms with Gasteiger partial charge < -0.3 is 9.47 Å². The summed E-state index contributed by atoms with van der Waals surface area (Å²) in [6.45, 7) is 2.44. The summed E-state index contributed by atoms with van der Waals surface area (Å²) in [6, 6.07) is 20.4. The third-order valence-corrected chi connectivity index (χ3v) is 5.01. The van der Waals surface area contributed by atoms with E-state index in [1.807, 2.05) is 42.5 Å². The van der Waals surface area contributed by atoms with Crippen molar-refractivity contribution in [3.05, 3.63) is 83.4 Å². The van der Waals surface area contributed by atoms with E-state index >= 15 is 0 Å². The molecule has 0 spiro atoms. The maximum atomic E-state index is 11.6. The third kappa shape index (κ3) is 4.15. The molecule has 1 aliphatic carbocycles. The molecule has 0 saturated carbocycles. The monoisotopic (exact) mass is 374 g/mol. The van der Waals surface area contributed by atoms with Crippen molar-refractivity contribution in [2.45, 2.75) is 31.3 Å². The van der Waals surface area contributed by atoms with E-state index in [-0.39, 0.29) is 12.0 Å². The van der Waals surface area contributed by atoms with Gasteiger partial charge >= 0.3 is 5.97 Å². The second-order valence-corrected chi connectivity index (χ2v) is 6.57. The van der Waals surface area contributed by atoms with Crippen molar-refractivity contribution in [3.63, 3.8) is 0 Å². The molecular weight excluding hydrogens is 352 g/mol. The fraction of sp³-hybridized carbons (Fsp3) is 0.250. The second kappa shape index (κ2) is 9.05. The van der Waals surface area contributed by atoms with Gasteiger partial charge in [-0.2, -0.15) is 0 Å². The summed E-state index contributed by atoms with van der Waals surface area (Å²) in [5, 5.41) is 0. The zero-order valence-corrected chi connectivity index (χ0v) is 15.8. The van der Waals surface area contributed by atoms with Gasteiger partial charge in [0.1, 0.15) is 6.10 Å². The Bertz CT molecular complexity index is 864. The zero-order valence-electron chi connectivity index (χ0n) is 15.8. The van der Waals surface area contributed by atoms with E-state index in [0.717, 1.165) is 11.1 Å². The maximum Gasteiger partial charge on any atom is 0.384 e. The number of benzene rings is 2. The van der Waals surface area contributed by atoms with Crippen molar-refractivity contribution in [3.8, 4) is 11.8 Å². The van der Waals surface area contributed by atoms with Crippen LogP contribution in [-0.4, -0.2) is 25.2 Å². The minimum Gasteiger partial charge on any atom is -0.459 e. The second-order valence-electron chi connectivity index (χ2n) is 6.57. The lowest BCUT2D eigenvalue weighted by molar-refractivity contribution is -0.136. The van der Waals surface area contributed by atoms with Crippen LogP contribution in [0.2, 0.25) is 0 Å². The number of carbonyl (C=O) groups excluding carboxylic acids is 2. The fourth-order valence-corrected chi connectivity index (χ4v) is 3.69. The SMILES string of the molecule is CCOC(=O)C#CC1=CCC(c2ccccc2)(c2ccccc2)CC1OC=O. The van der Waals surface area contributed by atoms with Gasteiger partial charge in [-0.3, -0.25) is 4.79 Å². The molecule has 4 nitrogen and oxygen atoms in total. The van der Waals surface area contributed by atoms with E-state index in [9.17, 15) is 9.59 Å². The van der Waals surface area contributed by atoms with Gasteiger partial charge in [0, 0.05) is 23.3 Å². The highest BCUT2D eigenvalue weighted by molar-refractivity contribution is 5.89. The van der Waals surface area contributed by atoms with Crippen LogP contribution in [0.25, 0.3) is 0 Å². The molecule has 0 aromatic heterocycles.